The summed E-state index contributed by atoms with van der Waals surface area (Å²) in [4.78, 5) is 5.26. The molecule has 7 heteroatoms. The number of ether oxygens (including phenoxy) is 1. The van der Waals surface area contributed by atoms with Crippen LogP contribution in [0.15, 0.2) is 20.4 Å². The Morgan fingerprint density at radius 3 is 2.95 bits per heavy atom. The lowest BCUT2D eigenvalue weighted by Gasteiger charge is -2.19. The van der Waals surface area contributed by atoms with E-state index in [0.29, 0.717) is 24.9 Å². The third-order valence-electron chi connectivity index (χ3n) is 2.47. The Balaban J connectivity index is 2.11. The van der Waals surface area contributed by atoms with Crippen LogP contribution in [0.25, 0.3) is 10.8 Å². The highest BCUT2D eigenvalue weighted by atomic mass is 79.9. The molecule has 0 fully saturated rings. The Bertz CT molecular complexity index is 539. The smallest absolute Gasteiger partial charge is 0.268 e. The van der Waals surface area contributed by atoms with Gasteiger partial charge in [-0.15, -0.1) is 11.3 Å². The number of hydrogen-bond donors (Lipinski definition) is 1. The maximum absolute atomic E-state index is 6.16. The minimum absolute atomic E-state index is 0.369. The highest BCUT2D eigenvalue weighted by Crippen LogP contribution is 2.31. The molecule has 2 rings (SSSR count). The van der Waals surface area contributed by atoms with Crippen LogP contribution in [0.1, 0.15) is 26.1 Å². The second kappa shape index (κ2) is 6.13. The lowest BCUT2D eigenvalue weighted by atomic mass is 10.1. The number of halogens is 1. The van der Waals surface area contributed by atoms with Crippen molar-refractivity contribution < 1.29 is 9.26 Å². The monoisotopic (exact) mass is 345 g/mol. The first-order valence-electron chi connectivity index (χ1n) is 5.99. The van der Waals surface area contributed by atoms with E-state index in [9.17, 15) is 0 Å². The van der Waals surface area contributed by atoms with E-state index < -0.39 is 5.54 Å². The molecule has 0 amide bonds. The second-order valence-electron chi connectivity index (χ2n) is 4.50. The molecule has 2 N–H and O–H groups in total. The lowest BCUT2D eigenvalue weighted by molar-refractivity contribution is 0.0867. The number of hydrogen-bond acceptors (Lipinski definition) is 6. The molecule has 0 aliphatic heterocycles. The average Bonchev–Trinajstić information content (AvgIpc) is 2.97. The van der Waals surface area contributed by atoms with Gasteiger partial charge in [0, 0.05) is 6.61 Å². The standard InChI is InChI=1S/C12H16BrN3O2S/c1-3-6-17-7-12(2,14)11-15-10(18-16-11)8-4-5-9(13)19-8/h4-5H,3,6-7,14H2,1-2H3. The molecule has 0 aromatic carbocycles. The van der Waals surface area contributed by atoms with Crippen LogP contribution in [-0.2, 0) is 10.3 Å². The SMILES string of the molecule is CCCOCC(C)(N)c1noc(-c2ccc(Br)s2)n1. The van der Waals surface area contributed by atoms with Crippen LogP contribution in [0.5, 0.6) is 0 Å². The van der Waals surface area contributed by atoms with Crippen molar-refractivity contribution >= 4 is 27.3 Å². The molecule has 0 aliphatic rings. The maximum Gasteiger partial charge on any atom is 0.268 e. The average molecular weight is 346 g/mol. The number of nitrogens with zero attached hydrogens (tertiary/aromatic N) is 2. The highest BCUT2D eigenvalue weighted by Gasteiger charge is 2.28. The molecule has 2 aromatic heterocycles. The van der Waals surface area contributed by atoms with Crippen LogP contribution >= 0.6 is 27.3 Å². The summed E-state index contributed by atoms with van der Waals surface area (Å²) in [5.74, 6) is 0.945. The molecule has 0 radical (unpaired) electrons. The molecule has 0 saturated heterocycles. The van der Waals surface area contributed by atoms with Crippen molar-refractivity contribution in [2.45, 2.75) is 25.8 Å². The Morgan fingerprint density at radius 1 is 1.53 bits per heavy atom. The fourth-order valence-electron chi connectivity index (χ4n) is 1.48. The molecule has 19 heavy (non-hydrogen) atoms. The summed E-state index contributed by atoms with van der Waals surface area (Å²) in [5, 5.41) is 3.95. The van der Waals surface area contributed by atoms with Crippen LogP contribution in [0, 0.1) is 0 Å². The van der Waals surface area contributed by atoms with Crippen molar-refractivity contribution in [1.82, 2.24) is 10.1 Å². The zero-order valence-corrected chi connectivity index (χ0v) is 13.3. The normalized spacial score (nSPS) is 14.5. The summed E-state index contributed by atoms with van der Waals surface area (Å²) in [6, 6.07) is 3.86. The van der Waals surface area contributed by atoms with Crippen LogP contribution in [0.2, 0.25) is 0 Å². The zero-order chi connectivity index (χ0) is 13.9. The van der Waals surface area contributed by atoms with Crippen molar-refractivity contribution in [2.24, 2.45) is 5.73 Å². The number of thiophene rings is 1. The second-order valence-corrected chi connectivity index (χ2v) is 6.96. The molecule has 1 atom stereocenters. The number of aromatic nitrogens is 2. The van der Waals surface area contributed by atoms with Gasteiger partial charge in [0.2, 0.25) is 0 Å². The van der Waals surface area contributed by atoms with Gasteiger partial charge in [0.1, 0.15) is 5.54 Å². The quantitative estimate of drug-likeness (QED) is 0.814. The third kappa shape index (κ3) is 3.62. The van der Waals surface area contributed by atoms with Gasteiger partial charge in [-0.2, -0.15) is 4.98 Å². The molecule has 5 nitrogen and oxygen atoms in total. The summed E-state index contributed by atoms with van der Waals surface area (Å²) in [7, 11) is 0. The van der Waals surface area contributed by atoms with E-state index in [-0.39, 0.29) is 0 Å². The van der Waals surface area contributed by atoms with Crippen molar-refractivity contribution in [2.75, 3.05) is 13.2 Å². The van der Waals surface area contributed by atoms with Gasteiger partial charge in [-0.25, -0.2) is 0 Å². The minimum atomic E-state index is -0.745. The maximum atomic E-state index is 6.16. The summed E-state index contributed by atoms with van der Waals surface area (Å²) in [6.07, 6.45) is 0.955. The molecule has 0 spiro atoms. The van der Waals surface area contributed by atoms with Crippen molar-refractivity contribution in [1.29, 1.82) is 0 Å². The van der Waals surface area contributed by atoms with Gasteiger partial charge in [0.05, 0.1) is 15.3 Å². The number of rotatable bonds is 6. The Kier molecular flexibility index (Phi) is 4.72. The predicted octanol–water partition coefficient (Wildman–Crippen LogP) is 3.16. The van der Waals surface area contributed by atoms with Gasteiger partial charge in [-0.1, -0.05) is 12.1 Å². The molecule has 2 heterocycles. The molecule has 0 saturated carbocycles. The van der Waals surface area contributed by atoms with Crippen LogP contribution in [0.4, 0.5) is 0 Å². The van der Waals surface area contributed by atoms with Gasteiger partial charge in [-0.3, -0.25) is 0 Å². The summed E-state index contributed by atoms with van der Waals surface area (Å²) < 4.78 is 11.7. The fraction of sp³-hybridized carbons (Fsp3) is 0.500. The van der Waals surface area contributed by atoms with Gasteiger partial charge < -0.3 is 15.0 Å². The Morgan fingerprint density at radius 2 is 2.32 bits per heavy atom. The first kappa shape index (κ1) is 14.6. The molecule has 1 unspecified atom stereocenters. The highest BCUT2D eigenvalue weighted by molar-refractivity contribution is 9.11. The van der Waals surface area contributed by atoms with Gasteiger partial charge in [0.15, 0.2) is 5.82 Å². The van der Waals surface area contributed by atoms with E-state index in [2.05, 4.69) is 33.0 Å². The predicted molar refractivity (Wildman–Crippen MR) is 78.0 cm³/mol. The molecular weight excluding hydrogens is 330 g/mol. The first-order chi connectivity index (χ1) is 9.03. The van der Waals surface area contributed by atoms with Gasteiger partial charge >= 0.3 is 0 Å². The zero-order valence-electron chi connectivity index (χ0n) is 10.9. The van der Waals surface area contributed by atoms with Crippen LogP contribution < -0.4 is 5.73 Å². The van der Waals surface area contributed by atoms with E-state index in [0.717, 1.165) is 15.1 Å². The molecular formula is C12H16BrN3O2S. The molecule has 2 aromatic rings. The Labute approximate surface area is 124 Å². The van der Waals surface area contributed by atoms with E-state index >= 15 is 0 Å². The number of nitrogens with two attached hydrogens (primary N) is 1. The summed E-state index contributed by atoms with van der Waals surface area (Å²) in [5.41, 5.74) is 5.41. The van der Waals surface area contributed by atoms with Crippen molar-refractivity contribution in [3.8, 4) is 10.8 Å². The van der Waals surface area contributed by atoms with Gasteiger partial charge in [-0.05, 0) is 41.4 Å². The van der Waals surface area contributed by atoms with E-state index in [1.165, 1.54) is 11.3 Å². The third-order valence-corrected chi connectivity index (χ3v) is 4.08. The van der Waals surface area contributed by atoms with E-state index in [1.54, 1.807) is 0 Å². The van der Waals surface area contributed by atoms with Crippen LogP contribution in [-0.4, -0.2) is 23.4 Å². The summed E-state index contributed by atoms with van der Waals surface area (Å²) >= 11 is 4.94. The largest absolute Gasteiger partial charge is 0.379 e. The summed E-state index contributed by atoms with van der Waals surface area (Å²) in [6.45, 7) is 4.93. The molecule has 104 valence electrons. The topological polar surface area (TPSA) is 74.2 Å². The van der Waals surface area contributed by atoms with Crippen molar-refractivity contribution in [3.63, 3.8) is 0 Å². The van der Waals surface area contributed by atoms with E-state index in [4.69, 9.17) is 15.0 Å². The molecule has 0 bridgehead atoms. The first-order valence-corrected chi connectivity index (χ1v) is 7.60. The minimum Gasteiger partial charge on any atom is -0.379 e. The van der Waals surface area contributed by atoms with Crippen LogP contribution in [0.3, 0.4) is 0 Å². The van der Waals surface area contributed by atoms with E-state index in [1.807, 2.05) is 19.1 Å². The molecule has 0 aliphatic carbocycles. The fourth-order valence-corrected chi connectivity index (χ4v) is 2.79. The lowest BCUT2D eigenvalue weighted by Crippen LogP contribution is -2.39. The van der Waals surface area contributed by atoms with Gasteiger partial charge in [0.25, 0.3) is 5.89 Å². The van der Waals surface area contributed by atoms with Crippen molar-refractivity contribution in [3.05, 3.63) is 21.7 Å². The Hall–Kier alpha value is -0.760.